The van der Waals surface area contributed by atoms with Gasteiger partial charge in [-0.25, -0.2) is 4.98 Å². The van der Waals surface area contributed by atoms with E-state index in [1.54, 1.807) is 6.20 Å². The number of nitrogens with zero attached hydrogens (tertiary/aromatic N) is 3. The van der Waals surface area contributed by atoms with Gasteiger partial charge in [0.1, 0.15) is 11.6 Å². The summed E-state index contributed by atoms with van der Waals surface area (Å²) in [6.07, 6.45) is 6.01. The Morgan fingerprint density at radius 2 is 2.08 bits per heavy atom. The molecular formula is C19H26N4O2. The summed E-state index contributed by atoms with van der Waals surface area (Å²) in [6.45, 7) is 7.76. The minimum Gasteiger partial charge on any atom is -0.361 e. The van der Waals surface area contributed by atoms with Crippen molar-refractivity contribution in [1.82, 2.24) is 15.5 Å². The first kappa shape index (κ1) is 17.5. The molecule has 1 N–H and O–H groups in total. The molecule has 0 aliphatic carbocycles. The number of aryl methyl sites for hydroxylation is 2. The number of hydrogen-bond acceptors (Lipinski definition) is 5. The van der Waals surface area contributed by atoms with E-state index < -0.39 is 0 Å². The molecule has 6 heteroatoms. The van der Waals surface area contributed by atoms with Crippen molar-refractivity contribution >= 4 is 11.7 Å². The quantitative estimate of drug-likeness (QED) is 0.904. The summed E-state index contributed by atoms with van der Waals surface area (Å²) in [5.74, 6) is 1.53. The third kappa shape index (κ3) is 4.00. The van der Waals surface area contributed by atoms with Gasteiger partial charge in [0.05, 0.1) is 11.3 Å². The number of carbonyl (C=O) groups is 1. The molecule has 3 heterocycles. The zero-order chi connectivity index (χ0) is 17.8. The van der Waals surface area contributed by atoms with Crippen LogP contribution >= 0.6 is 0 Å². The highest BCUT2D eigenvalue weighted by atomic mass is 16.5. The SMILES string of the molecule is Cc1noc(C)c1CC(C)NC(=O)c1cccnc1N1CCCCC1. The molecule has 0 saturated carbocycles. The fourth-order valence-corrected chi connectivity index (χ4v) is 3.38. The van der Waals surface area contributed by atoms with Crippen molar-refractivity contribution in [2.24, 2.45) is 0 Å². The molecule has 1 atom stereocenters. The third-order valence-corrected chi connectivity index (χ3v) is 4.76. The van der Waals surface area contributed by atoms with E-state index in [-0.39, 0.29) is 11.9 Å². The Morgan fingerprint density at radius 1 is 1.32 bits per heavy atom. The summed E-state index contributed by atoms with van der Waals surface area (Å²) in [7, 11) is 0. The number of pyridine rings is 1. The Balaban J connectivity index is 1.70. The second kappa shape index (κ2) is 7.68. The van der Waals surface area contributed by atoms with Gasteiger partial charge in [0.15, 0.2) is 0 Å². The summed E-state index contributed by atoms with van der Waals surface area (Å²) < 4.78 is 5.20. The minimum atomic E-state index is -0.0760. The number of hydrogen-bond donors (Lipinski definition) is 1. The highest BCUT2D eigenvalue weighted by Crippen LogP contribution is 2.22. The lowest BCUT2D eigenvalue weighted by Gasteiger charge is -2.29. The normalized spacial score (nSPS) is 15.9. The van der Waals surface area contributed by atoms with Crippen LogP contribution in [-0.4, -0.2) is 35.2 Å². The summed E-state index contributed by atoms with van der Waals surface area (Å²) in [5.41, 5.74) is 2.60. The molecule has 1 amide bonds. The van der Waals surface area contributed by atoms with Gasteiger partial charge in [-0.15, -0.1) is 0 Å². The molecular weight excluding hydrogens is 316 g/mol. The van der Waals surface area contributed by atoms with E-state index >= 15 is 0 Å². The van der Waals surface area contributed by atoms with Crippen molar-refractivity contribution in [3.63, 3.8) is 0 Å². The number of rotatable bonds is 5. The van der Waals surface area contributed by atoms with Crippen LogP contribution in [0.4, 0.5) is 5.82 Å². The monoisotopic (exact) mass is 342 g/mol. The molecule has 3 rings (SSSR count). The summed E-state index contributed by atoms with van der Waals surface area (Å²) in [4.78, 5) is 19.5. The lowest BCUT2D eigenvalue weighted by Crippen LogP contribution is -2.37. The number of amides is 1. The van der Waals surface area contributed by atoms with Crippen molar-refractivity contribution in [2.45, 2.75) is 52.5 Å². The average molecular weight is 342 g/mol. The molecule has 2 aromatic heterocycles. The van der Waals surface area contributed by atoms with Gasteiger partial charge in [0, 0.05) is 30.9 Å². The first-order chi connectivity index (χ1) is 12.1. The molecule has 1 aliphatic heterocycles. The zero-order valence-corrected chi connectivity index (χ0v) is 15.2. The Hall–Kier alpha value is -2.37. The van der Waals surface area contributed by atoms with Crippen LogP contribution in [0.1, 0.15) is 53.6 Å². The molecule has 1 aliphatic rings. The van der Waals surface area contributed by atoms with E-state index in [1.807, 2.05) is 32.9 Å². The highest BCUT2D eigenvalue weighted by Gasteiger charge is 2.21. The molecule has 6 nitrogen and oxygen atoms in total. The largest absolute Gasteiger partial charge is 0.361 e. The summed E-state index contributed by atoms with van der Waals surface area (Å²) in [5, 5.41) is 7.07. The highest BCUT2D eigenvalue weighted by molar-refractivity contribution is 5.99. The summed E-state index contributed by atoms with van der Waals surface area (Å²) >= 11 is 0. The topological polar surface area (TPSA) is 71.3 Å². The molecule has 2 aromatic rings. The first-order valence-electron chi connectivity index (χ1n) is 8.99. The predicted molar refractivity (Wildman–Crippen MR) is 96.9 cm³/mol. The fraction of sp³-hybridized carbons (Fsp3) is 0.526. The van der Waals surface area contributed by atoms with Gasteiger partial charge in [0.25, 0.3) is 5.91 Å². The van der Waals surface area contributed by atoms with Gasteiger partial charge in [-0.2, -0.15) is 0 Å². The number of carbonyl (C=O) groups excluding carboxylic acids is 1. The number of aromatic nitrogens is 2. The molecule has 134 valence electrons. The van der Waals surface area contributed by atoms with Crippen LogP contribution in [0, 0.1) is 13.8 Å². The molecule has 25 heavy (non-hydrogen) atoms. The van der Waals surface area contributed by atoms with Crippen molar-refractivity contribution < 1.29 is 9.32 Å². The Labute approximate surface area is 148 Å². The third-order valence-electron chi connectivity index (χ3n) is 4.76. The van der Waals surface area contributed by atoms with Crippen LogP contribution < -0.4 is 10.2 Å². The standard InChI is InChI=1S/C19H26N4O2/c1-13(12-17-14(2)22-25-15(17)3)21-19(24)16-8-7-9-20-18(16)23-10-5-4-6-11-23/h7-9,13H,4-6,10-12H2,1-3H3,(H,21,24). The van der Waals surface area contributed by atoms with Crippen molar-refractivity contribution in [3.8, 4) is 0 Å². The van der Waals surface area contributed by atoms with Crippen molar-refractivity contribution in [1.29, 1.82) is 0 Å². The number of nitrogens with one attached hydrogen (secondary N) is 1. The Morgan fingerprint density at radius 3 is 2.76 bits per heavy atom. The van der Waals surface area contributed by atoms with Crippen LogP contribution in [0.25, 0.3) is 0 Å². The minimum absolute atomic E-state index is 0.0151. The molecule has 1 saturated heterocycles. The van der Waals surface area contributed by atoms with Crippen LogP contribution in [0.5, 0.6) is 0 Å². The van der Waals surface area contributed by atoms with E-state index in [0.717, 1.165) is 48.8 Å². The maximum atomic E-state index is 12.8. The van der Waals surface area contributed by atoms with Gasteiger partial charge in [-0.05, 0) is 58.6 Å². The number of anilines is 1. The number of piperidine rings is 1. The predicted octanol–water partition coefficient (Wildman–Crippen LogP) is 3.04. The molecule has 0 bridgehead atoms. The maximum absolute atomic E-state index is 12.8. The average Bonchev–Trinajstić information content (AvgIpc) is 2.94. The fourth-order valence-electron chi connectivity index (χ4n) is 3.38. The van der Waals surface area contributed by atoms with Crippen LogP contribution in [0.3, 0.4) is 0 Å². The Kier molecular flexibility index (Phi) is 5.36. The lowest BCUT2D eigenvalue weighted by molar-refractivity contribution is 0.0940. The van der Waals surface area contributed by atoms with Crippen LogP contribution in [-0.2, 0) is 6.42 Å². The van der Waals surface area contributed by atoms with Gasteiger partial charge in [-0.1, -0.05) is 5.16 Å². The van der Waals surface area contributed by atoms with E-state index in [9.17, 15) is 4.79 Å². The van der Waals surface area contributed by atoms with Crippen LogP contribution in [0.15, 0.2) is 22.9 Å². The smallest absolute Gasteiger partial charge is 0.255 e. The molecule has 1 unspecified atom stereocenters. The Bertz CT molecular complexity index is 715. The van der Waals surface area contributed by atoms with E-state index in [4.69, 9.17) is 4.52 Å². The molecule has 0 aromatic carbocycles. The maximum Gasteiger partial charge on any atom is 0.255 e. The molecule has 1 fully saturated rings. The zero-order valence-electron chi connectivity index (χ0n) is 15.2. The van der Waals surface area contributed by atoms with Crippen molar-refractivity contribution in [3.05, 3.63) is 40.9 Å². The second-order valence-electron chi connectivity index (χ2n) is 6.80. The van der Waals surface area contributed by atoms with Crippen molar-refractivity contribution in [2.75, 3.05) is 18.0 Å². The van der Waals surface area contributed by atoms with Gasteiger partial charge >= 0.3 is 0 Å². The lowest BCUT2D eigenvalue weighted by atomic mass is 10.1. The molecule has 0 spiro atoms. The van der Waals surface area contributed by atoms with Gasteiger partial charge in [-0.3, -0.25) is 4.79 Å². The second-order valence-corrected chi connectivity index (χ2v) is 6.80. The summed E-state index contributed by atoms with van der Waals surface area (Å²) in [6, 6.07) is 3.66. The van der Waals surface area contributed by atoms with E-state index in [1.165, 1.54) is 6.42 Å². The van der Waals surface area contributed by atoms with E-state index in [2.05, 4.69) is 20.4 Å². The van der Waals surface area contributed by atoms with Crippen LogP contribution in [0.2, 0.25) is 0 Å². The molecule has 0 radical (unpaired) electrons. The first-order valence-corrected chi connectivity index (χ1v) is 8.99. The van der Waals surface area contributed by atoms with Gasteiger partial charge in [0.2, 0.25) is 0 Å². The van der Waals surface area contributed by atoms with Gasteiger partial charge < -0.3 is 14.7 Å². The van der Waals surface area contributed by atoms with E-state index in [0.29, 0.717) is 12.0 Å².